The van der Waals surface area contributed by atoms with Gasteiger partial charge in [-0.15, -0.1) is 0 Å². The molecular weight excluding hydrogens is 286 g/mol. The number of phenolic OH excluding ortho intramolecular Hbond substituents is 1. The number of hydrazone groups is 1. The predicted molar refractivity (Wildman–Crippen MR) is 82.9 cm³/mol. The van der Waals surface area contributed by atoms with E-state index in [4.69, 9.17) is 4.74 Å². The number of nitrogens with zero attached hydrogens (tertiary/aromatic N) is 2. The average Bonchev–Trinajstić information content (AvgIpc) is 2.51. The Labute approximate surface area is 129 Å². The normalized spacial score (nSPS) is 10.5. The molecule has 0 atom stereocenters. The number of hydrogen-bond acceptors (Lipinski definition) is 5. The molecule has 1 aromatic rings. The first kappa shape index (κ1) is 17.5. The largest absolute Gasteiger partial charge is 0.504 e. The van der Waals surface area contributed by atoms with Crippen LogP contribution in [0, 0.1) is 0 Å². The van der Waals surface area contributed by atoms with Crippen LogP contribution in [0.2, 0.25) is 0 Å². The molecular formula is C15H21N3O4. The molecule has 0 aromatic heterocycles. The first-order valence-electron chi connectivity index (χ1n) is 7.11. The third-order valence-corrected chi connectivity index (χ3v) is 2.91. The Morgan fingerprint density at radius 2 is 2.00 bits per heavy atom. The Bertz CT molecular complexity index is 554. The first-order valence-corrected chi connectivity index (χ1v) is 7.11. The standard InChI is InChI=1S/C15H21N3O4/c1-4-18(5-2)15(21)14(20)17-16-10-11-7-8-12(19)13(9-11)22-6-3/h7-10,19H,4-6H2,1-3H3,(H,17,20)/b16-10+. The van der Waals surface area contributed by atoms with E-state index >= 15 is 0 Å². The van der Waals surface area contributed by atoms with Gasteiger partial charge >= 0.3 is 11.8 Å². The molecule has 0 spiro atoms. The number of benzene rings is 1. The number of hydrogen-bond donors (Lipinski definition) is 2. The van der Waals surface area contributed by atoms with Gasteiger partial charge in [-0.1, -0.05) is 0 Å². The molecule has 22 heavy (non-hydrogen) atoms. The fraction of sp³-hybridized carbons (Fsp3) is 0.400. The molecule has 7 heteroatoms. The summed E-state index contributed by atoms with van der Waals surface area (Å²) in [5, 5.41) is 13.3. The van der Waals surface area contributed by atoms with Crippen LogP contribution in [-0.2, 0) is 9.59 Å². The van der Waals surface area contributed by atoms with Crippen molar-refractivity contribution in [1.29, 1.82) is 0 Å². The second kappa shape index (κ2) is 8.66. The van der Waals surface area contributed by atoms with Crippen molar-refractivity contribution >= 4 is 18.0 Å². The summed E-state index contributed by atoms with van der Waals surface area (Å²) in [5.41, 5.74) is 2.80. The molecule has 0 aliphatic rings. The van der Waals surface area contributed by atoms with Crippen molar-refractivity contribution in [3.05, 3.63) is 23.8 Å². The average molecular weight is 307 g/mol. The molecule has 0 bridgehead atoms. The molecule has 0 aliphatic carbocycles. The van der Waals surface area contributed by atoms with Crippen molar-refractivity contribution in [3.63, 3.8) is 0 Å². The minimum Gasteiger partial charge on any atom is -0.504 e. The molecule has 2 N–H and O–H groups in total. The van der Waals surface area contributed by atoms with E-state index in [0.29, 0.717) is 31.0 Å². The van der Waals surface area contributed by atoms with E-state index in [2.05, 4.69) is 10.5 Å². The van der Waals surface area contributed by atoms with Crippen molar-refractivity contribution in [2.45, 2.75) is 20.8 Å². The highest BCUT2D eigenvalue weighted by atomic mass is 16.5. The molecule has 0 unspecified atom stereocenters. The van der Waals surface area contributed by atoms with E-state index < -0.39 is 11.8 Å². The Morgan fingerprint density at radius 3 is 2.59 bits per heavy atom. The summed E-state index contributed by atoms with van der Waals surface area (Å²) < 4.78 is 5.24. The summed E-state index contributed by atoms with van der Waals surface area (Å²) in [7, 11) is 0. The lowest BCUT2D eigenvalue weighted by Crippen LogP contribution is -2.41. The quantitative estimate of drug-likeness (QED) is 0.468. The summed E-state index contributed by atoms with van der Waals surface area (Å²) in [6.07, 6.45) is 1.37. The maximum atomic E-state index is 11.7. The van der Waals surface area contributed by atoms with Crippen LogP contribution in [0.1, 0.15) is 26.3 Å². The Hall–Kier alpha value is -2.57. The molecule has 0 saturated heterocycles. The Balaban J connectivity index is 2.67. The number of aromatic hydroxyl groups is 1. The molecule has 0 fully saturated rings. The van der Waals surface area contributed by atoms with Crippen molar-refractivity contribution < 1.29 is 19.4 Å². The minimum absolute atomic E-state index is 0.0275. The summed E-state index contributed by atoms with van der Waals surface area (Å²) in [4.78, 5) is 24.8. The van der Waals surface area contributed by atoms with E-state index in [1.807, 2.05) is 0 Å². The van der Waals surface area contributed by atoms with Gasteiger partial charge in [0.25, 0.3) is 0 Å². The Kier molecular flexibility index (Phi) is 6.88. The molecule has 1 rings (SSSR count). The van der Waals surface area contributed by atoms with Gasteiger partial charge in [0.05, 0.1) is 12.8 Å². The molecule has 0 radical (unpaired) electrons. The summed E-state index contributed by atoms with van der Waals surface area (Å²) in [6, 6.07) is 4.66. The fourth-order valence-electron chi connectivity index (χ4n) is 1.75. The molecule has 7 nitrogen and oxygen atoms in total. The fourth-order valence-corrected chi connectivity index (χ4v) is 1.75. The van der Waals surface area contributed by atoms with Crippen LogP contribution in [0.4, 0.5) is 0 Å². The number of likely N-dealkylation sites (N-methyl/N-ethyl adjacent to an activating group) is 1. The van der Waals surface area contributed by atoms with Gasteiger partial charge in [-0.3, -0.25) is 9.59 Å². The highest BCUT2D eigenvalue weighted by Gasteiger charge is 2.18. The van der Waals surface area contributed by atoms with Gasteiger partial charge in [-0.2, -0.15) is 5.10 Å². The van der Waals surface area contributed by atoms with Crippen molar-refractivity contribution in [2.75, 3.05) is 19.7 Å². The van der Waals surface area contributed by atoms with E-state index in [-0.39, 0.29) is 5.75 Å². The highest BCUT2D eigenvalue weighted by molar-refractivity contribution is 6.34. The van der Waals surface area contributed by atoms with Crippen LogP contribution in [-0.4, -0.2) is 47.7 Å². The molecule has 2 amide bonds. The van der Waals surface area contributed by atoms with E-state index in [0.717, 1.165) is 0 Å². The lowest BCUT2D eigenvalue weighted by atomic mass is 10.2. The van der Waals surface area contributed by atoms with E-state index in [1.54, 1.807) is 32.9 Å². The number of rotatable bonds is 6. The van der Waals surface area contributed by atoms with Crippen LogP contribution in [0.15, 0.2) is 23.3 Å². The molecule has 0 aliphatic heterocycles. The second-order valence-corrected chi connectivity index (χ2v) is 4.34. The van der Waals surface area contributed by atoms with Gasteiger partial charge in [0.2, 0.25) is 0 Å². The number of carbonyl (C=O) groups is 2. The van der Waals surface area contributed by atoms with Crippen molar-refractivity contribution in [1.82, 2.24) is 10.3 Å². The van der Waals surface area contributed by atoms with Crippen LogP contribution >= 0.6 is 0 Å². The smallest absolute Gasteiger partial charge is 0.329 e. The zero-order valence-electron chi connectivity index (χ0n) is 13.0. The third-order valence-electron chi connectivity index (χ3n) is 2.91. The van der Waals surface area contributed by atoms with Gasteiger partial charge in [0.15, 0.2) is 11.5 Å². The molecule has 0 heterocycles. The van der Waals surface area contributed by atoms with Crippen LogP contribution in [0.25, 0.3) is 0 Å². The summed E-state index contributed by atoms with van der Waals surface area (Å²) >= 11 is 0. The van der Waals surface area contributed by atoms with Gasteiger partial charge in [0.1, 0.15) is 0 Å². The van der Waals surface area contributed by atoms with Gasteiger partial charge in [0, 0.05) is 13.1 Å². The van der Waals surface area contributed by atoms with Crippen LogP contribution < -0.4 is 10.2 Å². The Morgan fingerprint density at radius 1 is 1.32 bits per heavy atom. The van der Waals surface area contributed by atoms with E-state index in [9.17, 15) is 14.7 Å². The topological polar surface area (TPSA) is 91.2 Å². The number of amides is 2. The minimum atomic E-state index is -0.788. The summed E-state index contributed by atoms with van der Waals surface area (Å²) in [6.45, 7) is 6.74. The van der Waals surface area contributed by atoms with Crippen LogP contribution in [0.5, 0.6) is 11.5 Å². The van der Waals surface area contributed by atoms with Crippen LogP contribution in [0.3, 0.4) is 0 Å². The SMILES string of the molecule is CCOc1cc(/C=N/NC(=O)C(=O)N(CC)CC)ccc1O. The van der Waals surface area contributed by atoms with Gasteiger partial charge in [-0.25, -0.2) is 5.43 Å². The highest BCUT2D eigenvalue weighted by Crippen LogP contribution is 2.26. The number of nitrogens with one attached hydrogen (secondary N) is 1. The van der Waals surface area contributed by atoms with Gasteiger partial charge < -0.3 is 14.7 Å². The lowest BCUT2D eigenvalue weighted by Gasteiger charge is -2.16. The van der Waals surface area contributed by atoms with Gasteiger partial charge in [-0.05, 0) is 44.5 Å². The zero-order valence-corrected chi connectivity index (χ0v) is 13.0. The van der Waals surface area contributed by atoms with Crippen molar-refractivity contribution in [3.8, 4) is 11.5 Å². The molecule has 120 valence electrons. The third kappa shape index (κ3) is 4.76. The monoisotopic (exact) mass is 307 g/mol. The van der Waals surface area contributed by atoms with E-state index in [1.165, 1.54) is 17.2 Å². The zero-order chi connectivity index (χ0) is 16.5. The first-order chi connectivity index (χ1) is 10.5. The predicted octanol–water partition coefficient (Wildman–Crippen LogP) is 1.11. The second-order valence-electron chi connectivity index (χ2n) is 4.34. The number of ether oxygens (including phenoxy) is 1. The molecule has 1 aromatic carbocycles. The maximum Gasteiger partial charge on any atom is 0.329 e. The maximum absolute atomic E-state index is 11.7. The number of carbonyl (C=O) groups excluding carboxylic acids is 2. The van der Waals surface area contributed by atoms with Crippen molar-refractivity contribution in [2.24, 2.45) is 5.10 Å². The number of phenols is 1. The molecule has 0 saturated carbocycles. The lowest BCUT2D eigenvalue weighted by molar-refractivity contribution is -0.145. The summed E-state index contributed by atoms with van der Waals surface area (Å²) in [5.74, 6) is -1.05.